The summed E-state index contributed by atoms with van der Waals surface area (Å²) in [6.45, 7) is 0.195. The van der Waals surface area contributed by atoms with Crippen LogP contribution in [0.2, 0.25) is 0 Å². The van der Waals surface area contributed by atoms with Gasteiger partial charge in [-0.15, -0.1) is 0 Å². The van der Waals surface area contributed by atoms with Gasteiger partial charge in [-0.2, -0.15) is 52.7 Å². The monoisotopic (exact) mass is 494 g/mol. The highest BCUT2D eigenvalue weighted by Gasteiger charge is 2.72. The second-order valence-electron chi connectivity index (χ2n) is 6.27. The number of hydrogen-bond donors (Lipinski definition) is 0. The molecule has 4 nitrogen and oxygen atoms in total. The predicted molar refractivity (Wildman–Crippen MR) is 75.0 cm³/mol. The van der Waals surface area contributed by atoms with Gasteiger partial charge in [0.1, 0.15) is 0 Å². The molecule has 0 saturated carbocycles. The van der Waals surface area contributed by atoms with Crippen LogP contribution in [0.3, 0.4) is 0 Å². The quantitative estimate of drug-likeness (QED) is 0.349. The Kier molecular flexibility index (Phi) is 7.87. The maximum atomic E-state index is 13.3. The van der Waals surface area contributed by atoms with Crippen LogP contribution in [0.5, 0.6) is 0 Å². The average molecular weight is 494 g/mol. The third-order valence-corrected chi connectivity index (χ3v) is 6.62. The van der Waals surface area contributed by atoms with E-state index in [1.165, 1.54) is 0 Å². The molecule has 30 heavy (non-hydrogen) atoms. The second-order valence-corrected chi connectivity index (χ2v) is 8.81. The summed E-state index contributed by atoms with van der Waals surface area (Å²) >= 11 is 0. The van der Waals surface area contributed by atoms with Crippen molar-refractivity contribution < 1.29 is 70.6 Å². The van der Waals surface area contributed by atoms with Crippen LogP contribution in [0.15, 0.2) is 0 Å². The van der Waals surface area contributed by atoms with Crippen molar-refractivity contribution in [2.24, 2.45) is 0 Å². The van der Waals surface area contributed by atoms with E-state index in [1.807, 2.05) is 0 Å². The summed E-state index contributed by atoms with van der Waals surface area (Å²) in [4.78, 5) is 11.7. The zero-order chi connectivity index (χ0) is 24.6. The topological polar surface area (TPSA) is 60.4 Å². The van der Waals surface area contributed by atoms with E-state index in [0.717, 1.165) is 0 Å². The smallest absolute Gasteiger partial charge is 0.459 e. The summed E-state index contributed by atoms with van der Waals surface area (Å²) in [5.41, 5.74) is 0. The van der Waals surface area contributed by atoms with Crippen molar-refractivity contribution in [3.05, 3.63) is 0 Å². The standard InChI is InChI=1S/C13H14F12O4S/c1-8(7(26)29-2,3-4-10(16,17)12(20,21)22)30(27,28)6-5-9(14,15)11(18,19)13(23,24)25/h3-6H2,1-2H3. The molecule has 0 aromatic carbocycles. The van der Waals surface area contributed by atoms with E-state index in [9.17, 15) is 65.9 Å². The number of esters is 1. The van der Waals surface area contributed by atoms with Gasteiger partial charge in [0, 0.05) is 12.8 Å². The summed E-state index contributed by atoms with van der Waals surface area (Å²) in [5, 5.41) is 0. The summed E-state index contributed by atoms with van der Waals surface area (Å²) in [6, 6.07) is 0. The van der Waals surface area contributed by atoms with Gasteiger partial charge in [0.15, 0.2) is 14.6 Å². The molecule has 0 heterocycles. The minimum Gasteiger partial charge on any atom is -0.468 e. The lowest BCUT2D eigenvalue weighted by atomic mass is 10.0. The molecular weight excluding hydrogens is 480 g/mol. The van der Waals surface area contributed by atoms with Crippen LogP contribution in [0.1, 0.15) is 26.2 Å². The van der Waals surface area contributed by atoms with E-state index in [2.05, 4.69) is 4.74 Å². The summed E-state index contributed by atoms with van der Waals surface area (Å²) in [6.07, 6.45) is -19.9. The molecule has 0 N–H and O–H groups in total. The molecule has 1 atom stereocenters. The van der Waals surface area contributed by atoms with Gasteiger partial charge >= 0.3 is 36.1 Å². The van der Waals surface area contributed by atoms with Crippen molar-refractivity contribution in [2.75, 3.05) is 12.9 Å². The zero-order valence-corrected chi connectivity index (χ0v) is 15.7. The minimum absolute atomic E-state index is 0.195. The van der Waals surface area contributed by atoms with Crippen molar-refractivity contribution in [1.82, 2.24) is 0 Å². The van der Waals surface area contributed by atoms with E-state index < -0.39 is 75.7 Å². The fourth-order valence-corrected chi connectivity index (χ4v) is 3.72. The Morgan fingerprint density at radius 1 is 0.733 bits per heavy atom. The van der Waals surface area contributed by atoms with Crippen molar-refractivity contribution in [3.8, 4) is 0 Å². The van der Waals surface area contributed by atoms with Gasteiger partial charge in [0.25, 0.3) is 0 Å². The highest BCUT2D eigenvalue weighted by atomic mass is 32.2. The predicted octanol–water partition coefficient (Wildman–Crippen LogP) is 4.53. The maximum absolute atomic E-state index is 13.3. The molecule has 0 aromatic heterocycles. The minimum atomic E-state index is -6.79. The Morgan fingerprint density at radius 2 is 1.17 bits per heavy atom. The van der Waals surface area contributed by atoms with Crippen LogP contribution in [0, 0.1) is 0 Å². The number of ether oxygens (including phenoxy) is 1. The van der Waals surface area contributed by atoms with Crippen LogP contribution in [0.25, 0.3) is 0 Å². The lowest BCUT2D eigenvalue weighted by Gasteiger charge is -2.31. The Labute approximate surface area is 161 Å². The molecule has 0 bridgehead atoms. The van der Waals surface area contributed by atoms with Gasteiger partial charge in [-0.05, 0) is 13.3 Å². The van der Waals surface area contributed by atoms with Gasteiger partial charge < -0.3 is 4.74 Å². The van der Waals surface area contributed by atoms with Gasteiger partial charge in [-0.1, -0.05) is 0 Å². The fourth-order valence-electron chi connectivity index (χ4n) is 1.99. The molecule has 0 rings (SSSR count). The SMILES string of the molecule is COC(=O)C(C)(CCC(F)(F)C(F)(F)F)S(=O)(=O)CCC(F)(F)C(F)(F)C(F)(F)F. The lowest BCUT2D eigenvalue weighted by Crippen LogP contribution is -2.54. The van der Waals surface area contributed by atoms with Crippen LogP contribution in [-0.4, -0.2) is 62.1 Å². The molecule has 0 saturated heterocycles. The molecule has 0 aromatic rings. The number of methoxy groups -OCH3 is 1. The molecule has 0 aliphatic heterocycles. The molecule has 0 amide bonds. The maximum Gasteiger partial charge on any atom is 0.459 e. The number of sulfone groups is 1. The number of carbonyl (C=O) groups is 1. The van der Waals surface area contributed by atoms with Gasteiger partial charge in [0.05, 0.1) is 12.9 Å². The first kappa shape index (κ1) is 28.6. The largest absolute Gasteiger partial charge is 0.468 e. The molecular formula is C13H14F12O4S. The first-order valence-corrected chi connectivity index (χ1v) is 9.12. The molecule has 0 aliphatic rings. The molecule has 1 unspecified atom stereocenters. The fraction of sp³-hybridized carbons (Fsp3) is 0.923. The molecule has 0 spiro atoms. The van der Waals surface area contributed by atoms with Crippen LogP contribution >= 0.6 is 0 Å². The van der Waals surface area contributed by atoms with Gasteiger partial charge in [-0.3, -0.25) is 4.79 Å². The number of carbonyl (C=O) groups excluding carboxylic acids is 1. The molecule has 0 fully saturated rings. The highest BCUT2D eigenvalue weighted by Crippen LogP contribution is 2.48. The summed E-state index contributed by atoms with van der Waals surface area (Å²) in [5.74, 6) is -22.5. The third-order valence-electron chi connectivity index (χ3n) is 4.13. The summed E-state index contributed by atoms with van der Waals surface area (Å²) in [7, 11) is -5.15. The first-order valence-electron chi connectivity index (χ1n) is 7.47. The lowest BCUT2D eigenvalue weighted by molar-refractivity contribution is -0.354. The van der Waals surface area contributed by atoms with Gasteiger partial charge in [-0.25, -0.2) is 8.42 Å². The van der Waals surface area contributed by atoms with Crippen LogP contribution in [-0.2, 0) is 19.4 Å². The van der Waals surface area contributed by atoms with Crippen molar-refractivity contribution in [2.45, 2.75) is 61.1 Å². The van der Waals surface area contributed by atoms with E-state index in [0.29, 0.717) is 7.11 Å². The molecule has 180 valence electrons. The first-order chi connectivity index (χ1) is 12.9. The molecule has 0 radical (unpaired) electrons. The highest BCUT2D eigenvalue weighted by molar-refractivity contribution is 7.93. The molecule has 0 aliphatic carbocycles. The average Bonchev–Trinajstić information content (AvgIpc) is 2.55. The van der Waals surface area contributed by atoms with E-state index in [-0.39, 0.29) is 6.92 Å². The number of hydrogen-bond acceptors (Lipinski definition) is 4. The Morgan fingerprint density at radius 3 is 1.50 bits per heavy atom. The van der Waals surface area contributed by atoms with E-state index in [1.54, 1.807) is 0 Å². The Balaban J connectivity index is 5.87. The van der Waals surface area contributed by atoms with E-state index in [4.69, 9.17) is 0 Å². The van der Waals surface area contributed by atoms with Crippen molar-refractivity contribution in [1.29, 1.82) is 0 Å². The Bertz CT molecular complexity index is 725. The third kappa shape index (κ3) is 5.43. The number of rotatable bonds is 9. The zero-order valence-electron chi connectivity index (χ0n) is 14.9. The summed E-state index contributed by atoms with van der Waals surface area (Å²) < 4.78 is 176. The van der Waals surface area contributed by atoms with Gasteiger partial charge in [0.2, 0.25) is 0 Å². The van der Waals surface area contributed by atoms with Crippen molar-refractivity contribution in [3.63, 3.8) is 0 Å². The van der Waals surface area contributed by atoms with Crippen molar-refractivity contribution >= 4 is 15.8 Å². The molecule has 17 heteroatoms. The number of alkyl halides is 12. The normalized spacial score (nSPS) is 16.9. The second kappa shape index (κ2) is 8.26. The van der Waals surface area contributed by atoms with E-state index >= 15 is 0 Å². The number of halogens is 12. The van der Waals surface area contributed by atoms with Crippen LogP contribution < -0.4 is 0 Å². The van der Waals surface area contributed by atoms with Crippen LogP contribution in [0.4, 0.5) is 52.7 Å². The Hall–Kier alpha value is -1.42.